The molecule has 1 fully saturated rings. The van der Waals surface area contributed by atoms with Crippen molar-refractivity contribution in [2.24, 2.45) is 5.92 Å². The Morgan fingerprint density at radius 2 is 1.64 bits per heavy atom. The van der Waals surface area contributed by atoms with Gasteiger partial charge in [-0.15, -0.1) is 0 Å². The quantitative estimate of drug-likeness (QED) is 0.785. The SMILES string of the molecule is COc1ccc(CN2CCC(C(c3ccccc3)N(C)C)CC2)cc1. The third-order valence-electron chi connectivity index (χ3n) is 5.34. The number of piperidine rings is 1. The van der Waals surface area contributed by atoms with Crippen LogP contribution in [0.25, 0.3) is 0 Å². The minimum absolute atomic E-state index is 0.518. The number of ether oxygens (including phenoxy) is 1. The van der Waals surface area contributed by atoms with E-state index in [1.807, 2.05) is 0 Å². The van der Waals surface area contributed by atoms with Crippen LogP contribution in [0.4, 0.5) is 0 Å². The molecule has 0 saturated carbocycles. The maximum Gasteiger partial charge on any atom is 0.118 e. The number of benzene rings is 2. The molecule has 2 aromatic carbocycles. The second-order valence-electron chi connectivity index (χ2n) is 7.28. The smallest absolute Gasteiger partial charge is 0.118 e. The van der Waals surface area contributed by atoms with Crippen molar-refractivity contribution in [1.29, 1.82) is 0 Å². The van der Waals surface area contributed by atoms with Gasteiger partial charge in [-0.05, 0) is 69.2 Å². The van der Waals surface area contributed by atoms with Gasteiger partial charge >= 0.3 is 0 Å². The Morgan fingerprint density at radius 3 is 2.20 bits per heavy atom. The standard InChI is InChI=1S/C22H30N2O/c1-23(2)22(19-7-5-4-6-8-19)20-13-15-24(16-14-20)17-18-9-11-21(25-3)12-10-18/h4-12,20,22H,13-17H2,1-3H3. The lowest BCUT2D eigenvalue weighted by Gasteiger charge is -2.39. The van der Waals surface area contributed by atoms with Crippen molar-refractivity contribution in [2.75, 3.05) is 34.3 Å². The van der Waals surface area contributed by atoms with Gasteiger partial charge in [-0.3, -0.25) is 4.90 Å². The molecule has 1 heterocycles. The van der Waals surface area contributed by atoms with E-state index in [4.69, 9.17) is 4.74 Å². The minimum atomic E-state index is 0.518. The Kier molecular flexibility index (Phi) is 6.11. The number of methoxy groups -OCH3 is 1. The molecule has 2 aromatic rings. The van der Waals surface area contributed by atoms with E-state index in [1.165, 1.54) is 37.1 Å². The number of hydrogen-bond acceptors (Lipinski definition) is 3. The zero-order valence-corrected chi connectivity index (χ0v) is 15.7. The van der Waals surface area contributed by atoms with Gasteiger partial charge in [0.25, 0.3) is 0 Å². The molecule has 1 atom stereocenters. The van der Waals surface area contributed by atoms with E-state index in [1.54, 1.807) is 7.11 Å². The molecule has 0 amide bonds. The van der Waals surface area contributed by atoms with Gasteiger partial charge in [-0.25, -0.2) is 0 Å². The lowest BCUT2D eigenvalue weighted by Crippen LogP contribution is -2.38. The molecular formula is C22H30N2O. The van der Waals surface area contributed by atoms with Crippen molar-refractivity contribution in [3.8, 4) is 5.75 Å². The van der Waals surface area contributed by atoms with Gasteiger partial charge in [0.15, 0.2) is 0 Å². The Labute approximate surface area is 152 Å². The van der Waals surface area contributed by atoms with Gasteiger partial charge < -0.3 is 9.64 Å². The van der Waals surface area contributed by atoms with Crippen molar-refractivity contribution >= 4 is 0 Å². The summed E-state index contributed by atoms with van der Waals surface area (Å²) >= 11 is 0. The number of hydrogen-bond donors (Lipinski definition) is 0. The zero-order chi connectivity index (χ0) is 17.6. The second-order valence-corrected chi connectivity index (χ2v) is 7.28. The van der Waals surface area contributed by atoms with Crippen LogP contribution in [0.1, 0.15) is 30.0 Å². The molecule has 25 heavy (non-hydrogen) atoms. The van der Waals surface area contributed by atoms with Gasteiger partial charge in [0.05, 0.1) is 7.11 Å². The van der Waals surface area contributed by atoms with Crippen LogP contribution in [0.3, 0.4) is 0 Å². The topological polar surface area (TPSA) is 15.7 Å². The van der Waals surface area contributed by atoms with E-state index in [0.29, 0.717) is 6.04 Å². The van der Waals surface area contributed by atoms with Gasteiger partial charge in [0, 0.05) is 12.6 Å². The largest absolute Gasteiger partial charge is 0.497 e. The van der Waals surface area contributed by atoms with Crippen LogP contribution in [0, 0.1) is 5.92 Å². The minimum Gasteiger partial charge on any atom is -0.497 e. The van der Waals surface area contributed by atoms with Crippen LogP contribution in [-0.2, 0) is 6.54 Å². The van der Waals surface area contributed by atoms with Gasteiger partial charge in [-0.2, -0.15) is 0 Å². The third-order valence-corrected chi connectivity index (χ3v) is 5.34. The van der Waals surface area contributed by atoms with E-state index in [-0.39, 0.29) is 0 Å². The third kappa shape index (κ3) is 4.62. The molecule has 0 spiro atoms. The van der Waals surface area contributed by atoms with Crippen LogP contribution in [0.2, 0.25) is 0 Å². The molecule has 1 aliphatic rings. The highest BCUT2D eigenvalue weighted by Crippen LogP contribution is 2.34. The zero-order valence-electron chi connectivity index (χ0n) is 15.7. The van der Waals surface area contributed by atoms with Crippen molar-refractivity contribution in [3.05, 3.63) is 65.7 Å². The molecule has 3 nitrogen and oxygen atoms in total. The number of likely N-dealkylation sites (tertiary alicyclic amines) is 1. The van der Waals surface area contributed by atoms with Crippen LogP contribution < -0.4 is 4.74 Å². The molecule has 3 heteroatoms. The molecule has 1 saturated heterocycles. The number of nitrogens with zero attached hydrogens (tertiary/aromatic N) is 2. The highest BCUT2D eigenvalue weighted by atomic mass is 16.5. The summed E-state index contributed by atoms with van der Waals surface area (Å²) in [6.07, 6.45) is 2.52. The average molecular weight is 338 g/mol. The first kappa shape index (κ1) is 18.0. The van der Waals surface area contributed by atoms with Crippen molar-refractivity contribution in [1.82, 2.24) is 9.80 Å². The van der Waals surface area contributed by atoms with E-state index < -0.39 is 0 Å². The van der Waals surface area contributed by atoms with Crippen molar-refractivity contribution < 1.29 is 4.74 Å². The fourth-order valence-electron chi connectivity index (χ4n) is 4.06. The summed E-state index contributed by atoms with van der Waals surface area (Å²) in [7, 11) is 6.14. The second kappa shape index (κ2) is 8.50. The highest BCUT2D eigenvalue weighted by Gasteiger charge is 2.28. The molecule has 0 bridgehead atoms. The lowest BCUT2D eigenvalue weighted by molar-refractivity contribution is 0.113. The van der Waals surface area contributed by atoms with Gasteiger partial charge in [0.2, 0.25) is 0 Å². The normalized spacial score (nSPS) is 17.6. The Bertz CT molecular complexity index is 631. The molecule has 134 valence electrons. The Balaban J connectivity index is 1.58. The summed E-state index contributed by atoms with van der Waals surface area (Å²) < 4.78 is 5.25. The van der Waals surface area contributed by atoms with Gasteiger partial charge in [-0.1, -0.05) is 42.5 Å². The predicted octanol–water partition coefficient (Wildman–Crippen LogP) is 4.21. The molecule has 0 aromatic heterocycles. The summed E-state index contributed by atoms with van der Waals surface area (Å²) in [6, 6.07) is 19.9. The maximum absolute atomic E-state index is 5.25. The molecule has 0 aliphatic carbocycles. The van der Waals surface area contributed by atoms with E-state index in [9.17, 15) is 0 Å². The van der Waals surface area contributed by atoms with Crippen molar-refractivity contribution in [3.63, 3.8) is 0 Å². The summed E-state index contributed by atoms with van der Waals surface area (Å²) in [6.45, 7) is 3.39. The summed E-state index contributed by atoms with van der Waals surface area (Å²) in [4.78, 5) is 4.97. The Morgan fingerprint density at radius 1 is 1.00 bits per heavy atom. The summed E-state index contributed by atoms with van der Waals surface area (Å²) in [5.74, 6) is 1.66. The van der Waals surface area contributed by atoms with Crippen LogP contribution in [-0.4, -0.2) is 44.1 Å². The first-order valence-corrected chi connectivity index (χ1v) is 9.24. The monoisotopic (exact) mass is 338 g/mol. The fourth-order valence-corrected chi connectivity index (χ4v) is 4.06. The van der Waals surface area contributed by atoms with E-state index >= 15 is 0 Å². The fraction of sp³-hybridized carbons (Fsp3) is 0.455. The highest BCUT2D eigenvalue weighted by molar-refractivity contribution is 5.27. The Hall–Kier alpha value is -1.84. The first-order chi connectivity index (χ1) is 12.2. The predicted molar refractivity (Wildman–Crippen MR) is 104 cm³/mol. The molecular weight excluding hydrogens is 308 g/mol. The van der Waals surface area contributed by atoms with Crippen LogP contribution in [0.15, 0.2) is 54.6 Å². The molecule has 3 rings (SSSR count). The van der Waals surface area contributed by atoms with Crippen LogP contribution in [0.5, 0.6) is 5.75 Å². The molecule has 1 unspecified atom stereocenters. The van der Waals surface area contributed by atoms with E-state index in [2.05, 4.69) is 78.5 Å². The van der Waals surface area contributed by atoms with Gasteiger partial charge in [0.1, 0.15) is 5.75 Å². The average Bonchev–Trinajstić information content (AvgIpc) is 2.65. The van der Waals surface area contributed by atoms with Crippen LogP contribution >= 0.6 is 0 Å². The summed E-state index contributed by atoms with van der Waals surface area (Å²) in [5.41, 5.74) is 2.81. The van der Waals surface area contributed by atoms with Crippen molar-refractivity contribution in [2.45, 2.75) is 25.4 Å². The number of rotatable bonds is 6. The molecule has 0 N–H and O–H groups in total. The first-order valence-electron chi connectivity index (χ1n) is 9.24. The molecule has 1 aliphatic heterocycles. The maximum atomic E-state index is 5.25. The molecule has 0 radical (unpaired) electrons. The van der Waals surface area contributed by atoms with E-state index in [0.717, 1.165) is 18.2 Å². The summed E-state index contributed by atoms with van der Waals surface area (Å²) in [5, 5.41) is 0. The lowest BCUT2D eigenvalue weighted by atomic mass is 9.84.